The van der Waals surface area contributed by atoms with E-state index in [1.54, 1.807) is 45.0 Å². The molecule has 1 aromatic heterocycles. The van der Waals surface area contributed by atoms with Crippen molar-refractivity contribution in [1.29, 1.82) is 0 Å². The number of aryl methyl sites for hydroxylation is 1. The first-order valence-corrected chi connectivity index (χ1v) is 7.04. The van der Waals surface area contributed by atoms with Gasteiger partial charge in [0.2, 0.25) is 0 Å². The Balaban J connectivity index is 2.07. The van der Waals surface area contributed by atoms with Crippen LogP contribution in [0.4, 0.5) is 0 Å². The highest BCUT2D eigenvalue weighted by atomic mass is 16.5. The molecule has 0 unspecified atom stereocenters. The minimum atomic E-state index is -0.677. The van der Waals surface area contributed by atoms with Crippen molar-refractivity contribution in [3.8, 4) is 0 Å². The van der Waals surface area contributed by atoms with Crippen molar-refractivity contribution < 1.29 is 19.4 Å². The van der Waals surface area contributed by atoms with Gasteiger partial charge in [0.15, 0.2) is 12.4 Å². The van der Waals surface area contributed by atoms with Gasteiger partial charge in [-0.25, -0.2) is 4.79 Å². The molecule has 0 aliphatic heterocycles. The van der Waals surface area contributed by atoms with E-state index in [0.29, 0.717) is 22.4 Å². The first kappa shape index (κ1) is 16.0. The number of carbonyl (C=O) groups is 2. The molecule has 0 aliphatic rings. The number of rotatable bonds is 5. The maximum absolute atomic E-state index is 12.1. The predicted molar refractivity (Wildman–Crippen MR) is 82.0 cm³/mol. The SMILES string of the molecule is Cc1[nH]c(C(=O)OCC(=O)c2ccccc2)c(C)c1[C@@H](C)O. The number of ketones is 1. The molecule has 0 saturated carbocycles. The fraction of sp³-hybridized carbons (Fsp3) is 0.294. The maximum Gasteiger partial charge on any atom is 0.355 e. The van der Waals surface area contributed by atoms with Gasteiger partial charge in [0.1, 0.15) is 5.69 Å². The van der Waals surface area contributed by atoms with Crippen molar-refractivity contribution in [2.75, 3.05) is 6.61 Å². The topological polar surface area (TPSA) is 79.4 Å². The summed E-state index contributed by atoms with van der Waals surface area (Å²) in [6.07, 6.45) is -0.677. The van der Waals surface area contributed by atoms with Crippen LogP contribution in [0.15, 0.2) is 30.3 Å². The van der Waals surface area contributed by atoms with Crippen LogP contribution >= 0.6 is 0 Å². The average molecular weight is 301 g/mol. The summed E-state index contributed by atoms with van der Waals surface area (Å²) < 4.78 is 5.07. The number of carbonyl (C=O) groups excluding carboxylic acids is 2. The molecule has 0 bridgehead atoms. The van der Waals surface area contributed by atoms with Crippen LogP contribution in [0.3, 0.4) is 0 Å². The lowest BCUT2D eigenvalue weighted by Crippen LogP contribution is -2.15. The smallest absolute Gasteiger partial charge is 0.355 e. The number of aliphatic hydroxyl groups is 1. The highest BCUT2D eigenvalue weighted by Crippen LogP contribution is 2.24. The summed E-state index contributed by atoms with van der Waals surface area (Å²) in [5.74, 6) is -0.859. The van der Waals surface area contributed by atoms with E-state index >= 15 is 0 Å². The zero-order chi connectivity index (χ0) is 16.3. The van der Waals surface area contributed by atoms with E-state index < -0.39 is 12.1 Å². The molecule has 1 atom stereocenters. The molecule has 2 N–H and O–H groups in total. The Bertz CT molecular complexity index is 686. The molecule has 0 saturated heterocycles. The molecular weight excluding hydrogens is 282 g/mol. The van der Waals surface area contributed by atoms with E-state index in [2.05, 4.69) is 4.98 Å². The lowest BCUT2D eigenvalue weighted by molar-refractivity contribution is 0.0468. The number of Topliss-reactive ketones (excluding diaryl/α,β-unsaturated/α-hetero) is 1. The molecule has 1 heterocycles. The van der Waals surface area contributed by atoms with Crippen molar-refractivity contribution in [3.05, 3.63) is 58.4 Å². The van der Waals surface area contributed by atoms with Gasteiger partial charge in [0.05, 0.1) is 6.10 Å². The molecule has 22 heavy (non-hydrogen) atoms. The van der Waals surface area contributed by atoms with Crippen molar-refractivity contribution in [2.24, 2.45) is 0 Å². The van der Waals surface area contributed by atoms with Gasteiger partial charge < -0.3 is 14.8 Å². The molecule has 0 fully saturated rings. The lowest BCUT2D eigenvalue weighted by atomic mass is 10.1. The number of aliphatic hydroxyl groups excluding tert-OH is 1. The predicted octanol–water partition coefficient (Wildman–Crippen LogP) is 2.72. The molecule has 0 spiro atoms. The Labute approximate surface area is 128 Å². The Hall–Kier alpha value is -2.40. The molecule has 0 radical (unpaired) electrons. The summed E-state index contributed by atoms with van der Waals surface area (Å²) in [6.45, 7) is 4.84. The minimum absolute atomic E-state index is 0.259. The molecule has 5 nitrogen and oxygen atoms in total. The molecule has 5 heteroatoms. The summed E-state index contributed by atoms with van der Waals surface area (Å²) in [5.41, 5.74) is 2.81. The number of esters is 1. The van der Waals surface area contributed by atoms with Gasteiger partial charge in [0.25, 0.3) is 0 Å². The molecule has 0 aliphatic carbocycles. The van der Waals surface area contributed by atoms with E-state index in [1.165, 1.54) is 0 Å². The zero-order valence-corrected chi connectivity index (χ0v) is 12.8. The third-order valence-electron chi connectivity index (χ3n) is 3.55. The molecular formula is C17H19NO4. The monoisotopic (exact) mass is 301 g/mol. The second kappa shape index (κ2) is 6.58. The number of benzene rings is 1. The summed E-state index contributed by atoms with van der Waals surface area (Å²) in [6, 6.07) is 8.66. The zero-order valence-electron chi connectivity index (χ0n) is 12.8. The van der Waals surface area contributed by atoms with Crippen molar-refractivity contribution in [3.63, 3.8) is 0 Å². The first-order valence-electron chi connectivity index (χ1n) is 7.04. The third-order valence-corrected chi connectivity index (χ3v) is 3.55. The second-order valence-corrected chi connectivity index (χ2v) is 5.20. The number of aromatic nitrogens is 1. The number of H-pyrrole nitrogens is 1. The molecule has 2 aromatic rings. The number of aromatic amines is 1. The van der Waals surface area contributed by atoms with Gasteiger partial charge in [-0.3, -0.25) is 4.79 Å². The third kappa shape index (κ3) is 3.26. The van der Waals surface area contributed by atoms with Crippen LogP contribution in [0.1, 0.15) is 50.7 Å². The van der Waals surface area contributed by atoms with E-state index in [0.717, 1.165) is 0 Å². The van der Waals surface area contributed by atoms with Gasteiger partial charge in [0, 0.05) is 16.8 Å². The largest absolute Gasteiger partial charge is 0.453 e. The summed E-state index contributed by atoms with van der Waals surface area (Å²) >= 11 is 0. The highest BCUT2D eigenvalue weighted by molar-refractivity contribution is 5.99. The second-order valence-electron chi connectivity index (χ2n) is 5.20. The molecule has 1 aromatic carbocycles. The van der Waals surface area contributed by atoms with Crippen molar-refractivity contribution in [1.82, 2.24) is 4.98 Å². The number of hydrogen-bond acceptors (Lipinski definition) is 4. The van der Waals surface area contributed by atoms with Crippen LogP contribution in [-0.4, -0.2) is 28.4 Å². The van der Waals surface area contributed by atoms with E-state index in [4.69, 9.17) is 4.74 Å². The summed E-state index contributed by atoms with van der Waals surface area (Å²) in [7, 11) is 0. The average Bonchev–Trinajstić information content (AvgIpc) is 2.80. The Morgan fingerprint density at radius 3 is 2.41 bits per heavy atom. The standard InChI is InChI=1S/C17H19NO4/c1-10-15(12(3)19)11(2)18-16(10)17(21)22-9-14(20)13-7-5-4-6-8-13/h4-8,12,18-19H,9H2,1-3H3/t12-/m1/s1. The van der Waals surface area contributed by atoms with E-state index in [1.807, 2.05) is 6.07 Å². The fourth-order valence-corrected chi connectivity index (χ4v) is 2.51. The van der Waals surface area contributed by atoms with Crippen molar-refractivity contribution in [2.45, 2.75) is 26.9 Å². The van der Waals surface area contributed by atoms with E-state index in [-0.39, 0.29) is 18.1 Å². The number of hydrogen-bond donors (Lipinski definition) is 2. The van der Waals surface area contributed by atoms with Gasteiger partial charge in [-0.1, -0.05) is 30.3 Å². The van der Waals surface area contributed by atoms with Gasteiger partial charge in [-0.2, -0.15) is 0 Å². The Morgan fingerprint density at radius 2 is 1.86 bits per heavy atom. The summed E-state index contributed by atoms with van der Waals surface area (Å²) in [5, 5.41) is 9.72. The minimum Gasteiger partial charge on any atom is -0.453 e. The van der Waals surface area contributed by atoms with Gasteiger partial charge in [-0.05, 0) is 26.3 Å². The maximum atomic E-state index is 12.1. The van der Waals surface area contributed by atoms with Crippen LogP contribution < -0.4 is 0 Å². The van der Waals surface area contributed by atoms with Gasteiger partial charge >= 0.3 is 5.97 Å². The lowest BCUT2D eigenvalue weighted by Gasteiger charge is -2.06. The first-order chi connectivity index (χ1) is 10.4. The van der Waals surface area contributed by atoms with Crippen LogP contribution in [0.25, 0.3) is 0 Å². The highest BCUT2D eigenvalue weighted by Gasteiger charge is 2.21. The molecule has 2 rings (SSSR count). The van der Waals surface area contributed by atoms with Crippen molar-refractivity contribution >= 4 is 11.8 Å². The van der Waals surface area contributed by atoms with Crippen LogP contribution in [0.2, 0.25) is 0 Å². The quantitative estimate of drug-likeness (QED) is 0.657. The fourth-order valence-electron chi connectivity index (χ4n) is 2.51. The van der Waals surface area contributed by atoms with Gasteiger partial charge in [-0.15, -0.1) is 0 Å². The Morgan fingerprint density at radius 1 is 1.23 bits per heavy atom. The van der Waals surface area contributed by atoms with Crippen LogP contribution in [0.5, 0.6) is 0 Å². The van der Waals surface area contributed by atoms with Crippen LogP contribution in [0, 0.1) is 13.8 Å². The normalized spacial score (nSPS) is 12.0. The number of nitrogens with one attached hydrogen (secondary N) is 1. The van der Waals surface area contributed by atoms with Crippen LogP contribution in [-0.2, 0) is 4.74 Å². The number of ether oxygens (including phenoxy) is 1. The van der Waals surface area contributed by atoms with E-state index in [9.17, 15) is 14.7 Å². The molecule has 116 valence electrons. The Kier molecular flexibility index (Phi) is 4.78. The summed E-state index contributed by atoms with van der Waals surface area (Å²) in [4.78, 5) is 26.9. The molecule has 0 amide bonds.